The van der Waals surface area contributed by atoms with Crippen LogP contribution in [0.25, 0.3) is 11.3 Å². The monoisotopic (exact) mass is 447 g/mol. The van der Waals surface area contributed by atoms with Crippen molar-refractivity contribution in [3.8, 4) is 11.3 Å². The van der Waals surface area contributed by atoms with Gasteiger partial charge in [-0.3, -0.25) is 9.59 Å². The highest BCUT2D eigenvalue weighted by Gasteiger charge is 2.26. The number of carbonyl (C=O) groups is 2. The van der Waals surface area contributed by atoms with E-state index in [9.17, 15) is 9.59 Å². The van der Waals surface area contributed by atoms with E-state index in [0.29, 0.717) is 32.7 Å². The van der Waals surface area contributed by atoms with Gasteiger partial charge < -0.3 is 19.1 Å². The molecule has 8 heteroatoms. The minimum Gasteiger partial charge on any atom is -0.459 e. The van der Waals surface area contributed by atoms with Crippen LogP contribution >= 0.6 is 0 Å². The van der Waals surface area contributed by atoms with Crippen LogP contribution in [0.4, 0.5) is 5.82 Å². The first kappa shape index (κ1) is 22.5. The lowest BCUT2D eigenvalue weighted by molar-refractivity contribution is -0.132. The van der Waals surface area contributed by atoms with Crippen LogP contribution in [0.2, 0.25) is 0 Å². The third kappa shape index (κ3) is 5.39. The number of benzene rings is 1. The van der Waals surface area contributed by atoms with Crippen molar-refractivity contribution in [3.63, 3.8) is 0 Å². The minimum atomic E-state index is -0.252. The molecule has 8 nitrogen and oxygen atoms in total. The Bertz CT molecular complexity index is 1060. The third-order valence-corrected chi connectivity index (χ3v) is 5.79. The highest BCUT2D eigenvalue weighted by Crippen LogP contribution is 2.20. The molecule has 0 bridgehead atoms. The molecular weight excluding hydrogens is 418 g/mol. The van der Waals surface area contributed by atoms with Gasteiger partial charge in [0.1, 0.15) is 6.54 Å². The minimum absolute atomic E-state index is 0.0520. The van der Waals surface area contributed by atoms with Gasteiger partial charge in [-0.2, -0.15) is 0 Å². The first-order valence-electron chi connectivity index (χ1n) is 11.3. The molecule has 1 aliphatic rings. The molecule has 1 aromatic carbocycles. The maximum Gasteiger partial charge on any atom is 0.290 e. The highest BCUT2D eigenvalue weighted by molar-refractivity contribution is 5.94. The summed E-state index contributed by atoms with van der Waals surface area (Å²) in [6.07, 6.45) is 2.24. The first-order chi connectivity index (χ1) is 16.0. The van der Waals surface area contributed by atoms with Crippen LogP contribution in [0.3, 0.4) is 0 Å². The molecular formula is C25H29N5O3. The molecule has 0 N–H and O–H groups in total. The Hall–Kier alpha value is -3.68. The van der Waals surface area contributed by atoms with Crippen molar-refractivity contribution < 1.29 is 14.0 Å². The summed E-state index contributed by atoms with van der Waals surface area (Å²) >= 11 is 0. The number of aromatic nitrogens is 2. The standard InChI is InChI=1S/C25H29N5O3/c1-3-12-30(25(32)22-5-4-17-33-22)18-24(31)29-15-13-28(14-16-29)23-11-10-21(26-27-23)20-8-6-19(2)7-9-20/h4-11,17H,3,12-16,18H2,1-2H3. The van der Waals surface area contributed by atoms with Crippen molar-refractivity contribution >= 4 is 17.6 Å². The quantitative estimate of drug-likeness (QED) is 0.553. The van der Waals surface area contributed by atoms with Crippen LogP contribution in [-0.4, -0.2) is 71.1 Å². The van der Waals surface area contributed by atoms with Crippen LogP contribution < -0.4 is 4.90 Å². The van der Waals surface area contributed by atoms with Gasteiger partial charge in [0.25, 0.3) is 5.91 Å². The molecule has 3 aromatic rings. The molecule has 0 saturated carbocycles. The van der Waals surface area contributed by atoms with Gasteiger partial charge >= 0.3 is 0 Å². The molecule has 1 fully saturated rings. The van der Waals surface area contributed by atoms with Crippen molar-refractivity contribution in [2.45, 2.75) is 20.3 Å². The van der Waals surface area contributed by atoms with Crippen LogP contribution in [0.1, 0.15) is 29.5 Å². The van der Waals surface area contributed by atoms with Crippen LogP contribution in [-0.2, 0) is 4.79 Å². The first-order valence-corrected chi connectivity index (χ1v) is 11.3. The van der Waals surface area contributed by atoms with Gasteiger partial charge in [-0.25, -0.2) is 0 Å². The summed E-state index contributed by atoms with van der Waals surface area (Å²) in [7, 11) is 0. The molecule has 33 heavy (non-hydrogen) atoms. The van der Waals surface area contributed by atoms with Gasteiger partial charge in [-0.1, -0.05) is 36.8 Å². The summed E-state index contributed by atoms with van der Waals surface area (Å²) in [5.41, 5.74) is 3.08. The molecule has 1 saturated heterocycles. The zero-order valence-electron chi connectivity index (χ0n) is 19.1. The smallest absolute Gasteiger partial charge is 0.290 e. The van der Waals surface area contributed by atoms with Crippen LogP contribution in [0, 0.1) is 6.92 Å². The molecule has 4 rings (SSSR count). The average Bonchev–Trinajstić information content (AvgIpc) is 3.39. The Morgan fingerprint density at radius 2 is 1.76 bits per heavy atom. The Kier molecular flexibility index (Phi) is 7.02. The van der Waals surface area contributed by atoms with Gasteiger partial charge in [0.05, 0.1) is 12.0 Å². The molecule has 0 spiro atoms. The lowest BCUT2D eigenvalue weighted by Crippen LogP contribution is -2.52. The van der Waals surface area contributed by atoms with Crippen molar-refractivity contribution in [1.29, 1.82) is 0 Å². The molecule has 2 aromatic heterocycles. The van der Waals surface area contributed by atoms with Crippen LogP contribution in [0.5, 0.6) is 0 Å². The van der Waals surface area contributed by atoms with E-state index >= 15 is 0 Å². The molecule has 172 valence electrons. The number of hydrogen-bond donors (Lipinski definition) is 0. The van der Waals surface area contributed by atoms with Gasteiger partial charge in [-0.05, 0) is 37.6 Å². The van der Waals surface area contributed by atoms with Gasteiger partial charge in [0, 0.05) is 38.3 Å². The lowest BCUT2D eigenvalue weighted by atomic mass is 10.1. The maximum absolute atomic E-state index is 12.9. The zero-order chi connectivity index (χ0) is 23.2. The van der Waals surface area contributed by atoms with E-state index in [0.717, 1.165) is 23.5 Å². The maximum atomic E-state index is 12.9. The molecule has 1 aliphatic heterocycles. The predicted octanol–water partition coefficient (Wildman–Crippen LogP) is 3.25. The molecule has 0 atom stereocenters. The lowest BCUT2D eigenvalue weighted by Gasteiger charge is -2.36. The summed E-state index contributed by atoms with van der Waals surface area (Å²) in [4.78, 5) is 31.0. The number of hydrogen-bond acceptors (Lipinski definition) is 6. The average molecular weight is 448 g/mol. The number of rotatable bonds is 7. The Morgan fingerprint density at radius 3 is 2.36 bits per heavy atom. The summed E-state index contributed by atoms with van der Waals surface area (Å²) in [6.45, 7) is 7.10. The fourth-order valence-corrected chi connectivity index (χ4v) is 3.90. The van der Waals surface area contributed by atoms with Crippen molar-refractivity contribution in [2.24, 2.45) is 0 Å². The molecule has 0 unspecified atom stereocenters. The van der Waals surface area contributed by atoms with Gasteiger partial charge in [0.15, 0.2) is 11.6 Å². The zero-order valence-corrected chi connectivity index (χ0v) is 19.1. The Morgan fingerprint density at radius 1 is 1.00 bits per heavy atom. The highest BCUT2D eigenvalue weighted by atomic mass is 16.3. The number of carbonyl (C=O) groups excluding carboxylic acids is 2. The van der Waals surface area contributed by atoms with E-state index < -0.39 is 0 Å². The summed E-state index contributed by atoms with van der Waals surface area (Å²) in [5, 5.41) is 8.79. The number of piperazine rings is 1. The van der Waals surface area contributed by atoms with Gasteiger partial charge in [-0.15, -0.1) is 10.2 Å². The molecule has 0 aliphatic carbocycles. The number of aryl methyl sites for hydroxylation is 1. The van der Waals surface area contributed by atoms with Crippen molar-refractivity contribution in [2.75, 3.05) is 44.2 Å². The second kappa shape index (κ2) is 10.3. The van der Waals surface area contributed by atoms with Crippen molar-refractivity contribution in [1.82, 2.24) is 20.0 Å². The number of furan rings is 1. The topological polar surface area (TPSA) is 82.8 Å². The van der Waals surface area contributed by atoms with E-state index in [1.807, 2.05) is 36.1 Å². The second-order valence-electron chi connectivity index (χ2n) is 8.21. The molecule has 2 amide bonds. The summed E-state index contributed by atoms with van der Waals surface area (Å²) in [6, 6.07) is 15.5. The van der Waals surface area contributed by atoms with E-state index in [4.69, 9.17) is 4.42 Å². The largest absolute Gasteiger partial charge is 0.459 e. The normalized spacial score (nSPS) is 13.8. The predicted molar refractivity (Wildman–Crippen MR) is 126 cm³/mol. The van der Waals surface area contributed by atoms with Crippen LogP contribution in [0.15, 0.2) is 59.2 Å². The van der Waals surface area contributed by atoms with E-state index in [1.54, 1.807) is 17.0 Å². The third-order valence-electron chi connectivity index (χ3n) is 5.79. The van der Waals surface area contributed by atoms with Gasteiger partial charge in [0.2, 0.25) is 5.91 Å². The Labute approximate surface area is 193 Å². The fourth-order valence-electron chi connectivity index (χ4n) is 3.90. The molecule has 3 heterocycles. The van der Waals surface area contributed by atoms with Crippen molar-refractivity contribution in [3.05, 3.63) is 66.1 Å². The summed E-state index contributed by atoms with van der Waals surface area (Å²) < 4.78 is 5.22. The fraction of sp³-hybridized carbons (Fsp3) is 0.360. The van der Waals surface area contributed by atoms with E-state index in [1.165, 1.54) is 11.8 Å². The summed E-state index contributed by atoms with van der Waals surface area (Å²) in [5.74, 6) is 0.758. The SMILES string of the molecule is CCCN(CC(=O)N1CCN(c2ccc(-c3ccc(C)cc3)nn2)CC1)C(=O)c1ccco1. The molecule has 0 radical (unpaired) electrons. The number of nitrogens with zero attached hydrogens (tertiary/aromatic N) is 5. The van der Waals surface area contributed by atoms with E-state index in [-0.39, 0.29) is 24.1 Å². The number of anilines is 1. The van der Waals surface area contributed by atoms with E-state index in [2.05, 4.69) is 34.2 Å². The number of amides is 2. The second-order valence-corrected chi connectivity index (χ2v) is 8.21. The Balaban J connectivity index is 1.32.